The Morgan fingerprint density at radius 1 is 0.762 bits per heavy atom. The lowest BCUT2D eigenvalue weighted by molar-refractivity contribution is -0.305. The molecule has 0 aromatic heterocycles. The van der Waals surface area contributed by atoms with Crippen molar-refractivity contribution in [1.29, 1.82) is 0 Å². The van der Waals surface area contributed by atoms with Gasteiger partial charge in [0.05, 0.1) is 6.61 Å². The molecule has 21 heavy (non-hydrogen) atoms. The van der Waals surface area contributed by atoms with Gasteiger partial charge in [0.1, 0.15) is 0 Å². The topological polar surface area (TPSA) is 66.4 Å². The first-order chi connectivity index (χ1) is 10.2. The quantitative estimate of drug-likeness (QED) is 0.343. The molecule has 0 N–H and O–H groups in total. The predicted octanol–water partition coefficient (Wildman–Crippen LogP) is 3.37. The van der Waals surface area contributed by atoms with E-state index >= 15 is 0 Å². The van der Waals surface area contributed by atoms with Crippen LogP contribution in [0.15, 0.2) is 0 Å². The maximum Gasteiger partial charge on any atom is 0.305 e. The number of esters is 1. The van der Waals surface area contributed by atoms with Gasteiger partial charge < -0.3 is 14.6 Å². The Morgan fingerprint density at radius 3 is 1.90 bits per heavy atom. The maximum absolute atomic E-state index is 11.4. The highest BCUT2D eigenvalue weighted by Crippen LogP contribution is 2.08. The Labute approximate surface area is 129 Å². The van der Waals surface area contributed by atoms with Crippen LogP contribution in [0, 0.1) is 0 Å². The number of carbonyl (C=O) groups is 2. The lowest BCUT2D eigenvalue weighted by Crippen LogP contribution is -2.21. The molecule has 124 valence electrons. The second-order valence-electron chi connectivity index (χ2n) is 5.63. The molecule has 4 nitrogen and oxygen atoms in total. The van der Waals surface area contributed by atoms with Crippen molar-refractivity contribution in [2.45, 2.75) is 90.4 Å². The number of unbranched alkanes of at least 4 members (excludes halogenated alkanes) is 9. The van der Waals surface area contributed by atoms with Gasteiger partial charge >= 0.3 is 5.97 Å². The van der Waals surface area contributed by atoms with Crippen molar-refractivity contribution in [3.63, 3.8) is 0 Å². The summed E-state index contributed by atoms with van der Waals surface area (Å²) in [6.07, 6.45) is 12.1. The van der Waals surface area contributed by atoms with Gasteiger partial charge in [0.25, 0.3) is 0 Å². The molecule has 0 spiro atoms. The highest BCUT2D eigenvalue weighted by molar-refractivity contribution is 5.69. The minimum Gasteiger partial charge on any atom is -0.550 e. The number of hydrogen-bond acceptors (Lipinski definition) is 4. The number of hydrogen-bond donors (Lipinski definition) is 0. The van der Waals surface area contributed by atoms with Crippen LogP contribution >= 0.6 is 0 Å². The maximum atomic E-state index is 11.4. The number of carboxylic acid groups (broad SMARTS) is 1. The number of ether oxygens (including phenoxy) is 1. The minimum atomic E-state index is -0.978. The fraction of sp³-hybridized carbons (Fsp3) is 0.882. The predicted molar refractivity (Wildman–Crippen MR) is 81.7 cm³/mol. The van der Waals surface area contributed by atoms with E-state index in [4.69, 9.17) is 4.74 Å². The lowest BCUT2D eigenvalue weighted by Gasteiger charge is -2.05. The molecule has 0 aliphatic heterocycles. The standard InChI is InChI=1S/C17H32O4/c1-2-3-4-5-9-12-15-21-17(20)14-11-8-6-7-10-13-16(18)19/h2-15H2,1H3,(H,18,19)/p-1. The molecule has 0 fully saturated rings. The summed E-state index contributed by atoms with van der Waals surface area (Å²) in [5, 5.41) is 10.2. The van der Waals surface area contributed by atoms with Crippen molar-refractivity contribution in [2.24, 2.45) is 0 Å². The molecule has 4 heteroatoms. The van der Waals surface area contributed by atoms with Gasteiger partial charge in [-0.15, -0.1) is 0 Å². The molecular formula is C17H31O4-. The van der Waals surface area contributed by atoms with E-state index in [1.54, 1.807) is 0 Å². The van der Waals surface area contributed by atoms with Crippen LogP contribution in [0.4, 0.5) is 0 Å². The molecule has 0 atom stereocenters. The van der Waals surface area contributed by atoms with E-state index in [0.717, 1.165) is 38.5 Å². The monoisotopic (exact) mass is 299 g/mol. The van der Waals surface area contributed by atoms with E-state index in [2.05, 4.69) is 6.92 Å². The molecule has 0 aliphatic carbocycles. The van der Waals surface area contributed by atoms with Crippen molar-refractivity contribution in [2.75, 3.05) is 6.61 Å². The molecule has 0 amide bonds. The van der Waals surface area contributed by atoms with Gasteiger partial charge in [0.2, 0.25) is 0 Å². The van der Waals surface area contributed by atoms with E-state index in [-0.39, 0.29) is 12.4 Å². The molecule has 0 saturated carbocycles. The Balaban J connectivity index is 3.18. The van der Waals surface area contributed by atoms with Gasteiger partial charge in [-0.1, -0.05) is 58.3 Å². The van der Waals surface area contributed by atoms with E-state index in [1.165, 1.54) is 25.7 Å². The van der Waals surface area contributed by atoms with Gasteiger partial charge in [-0.3, -0.25) is 4.79 Å². The number of carbonyl (C=O) groups excluding carboxylic acids is 2. The molecule has 0 bridgehead atoms. The summed E-state index contributed by atoms with van der Waals surface area (Å²) in [6.45, 7) is 2.75. The van der Waals surface area contributed by atoms with Crippen LogP contribution in [-0.4, -0.2) is 18.5 Å². The van der Waals surface area contributed by atoms with Crippen LogP contribution in [-0.2, 0) is 14.3 Å². The third kappa shape index (κ3) is 16.9. The van der Waals surface area contributed by atoms with Crippen LogP contribution in [0.1, 0.15) is 90.4 Å². The molecule has 0 radical (unpaired) electrons. The van der Waals surface area contributed by atoms with Gasteiger partial charge in [0.15, 0.2) is 0 Å². The summed E-state index contributed by atoms with van der Waals surface area (Å²) >= 11 is 0. The number of carboxylic acids is 1. The second kappa shape index (κ2) is 15.3. The van der Waals surface area contributed by atoms with Gasteiger partial charge in [-0.05, 0) is 25.7 Å². The zero-order chi connectivity index (χ0) is 15.8. The van der Waals surface area contributed by atoms with Crippen molar-refractivity contribution in [1.82, 2.24) is 0 Å². The van der Waals surface area contributed by atoms with E-state index in [1.807, 2.05) is 0 Å². The molecule has 0 aliphatic rings. The van der Waals surface area contributed by atoms with Gasteiger partial charge in [-0.25, -0.2) is 0 Å². The summed E-state index contributed by atoms with van der Waals surface area (Å²) in [4.78, 5) is 21.7. The highest BCUT2D eigenvalue weighted by Gasteiger charge is 2.02. The summed E-state index contributed by atoms with van der Waals surface area (Å²) in [6, 6.07) is 0. The zero-order valence-electron chi connectivity index (χ0n) is 13.5. The molecule has 0 heterocycles. The summed E-state index contributed by atoms with van der Waals surface area (Å²) in [7, 11) is 0. The molecule has 0 aromatic rings. The van der Waals surface area contributed by atoms with Crippen LogP contribution in [0.25, 0.3) is 0 Å². The smallest absolute Gasteiger partial charge is 0.305 e. The number of aliphatic carboxylic acids is 1. The van der Waals surface area contributed by atoms with Crippen molar-refractivity contribution < 1.29 is 19.4 Å². The molecule has 0 saturated heterocycles. The second-order valence-corrected chi connectivity index (χ2v) is 5.63. The lowest BCUT2D eigenvalue weighted by atomic mass is 10.1. The number of rotatable bonds is 15. The molecule has 0 unspecified atom stereocenters. The minimum absolute atomic E-state index is 0.0988. The Morgan fingerprint density at radius 2 is 1.29 bits per heavy atom. The molecular weight excluding hydrogens is 268 g/mol. The Hall–Kier alpha value is -1.06. The van der Waals surface area contributed by atoms with Crippen LogP contribution in [0.5, 0.6) is 0 Å². The van der Waals surface area contributed by atoms with Crippen molar-refractivity contribution in [3.8, 4) is 0 Å². The van der Waals surface area contributed by atoms with Crippen LogP contribution < -0.4 is 5.11 Å². The third-order valence-corrected chi connectivity index (χ3v) is 3.52. The van der Waals surface area contributed by atoms with E-state index in [9.17, 15) is 14.7 Å². The largest absolute Gasteiger partial charge is 0.550 e. The third-order valence-electron chi connectivity index (χ3n) is 3.52. The fourth-order valence-electron chi connectivity index (χ4n) is 2.21. The van der Waals surface area contributed by atoms with E-state index < -0.39 is 5.97 Å². The first-order valence-corrected chi connectivity index (χ1v) is 8.52. The van der Waals surface area contributed by atoms with Crippen LogP contribution in [0.3, 0.4) is 0 Å². The SMILES string of the molecule is CCCCCCCCOC(=O)CCCCCCCC(=O)[O-]. The summed E-state index contributed by atoms with van der Waals surface area (Å²) in [5.74, 6) is -1.08. The van der Waals surface area contributed by atoms with Gasteiger partial charge in [-0.2, -0.15) is 0 Å². The summed E-state index contributed by atoms with van der Waals surface area (Å²) in [5.41, 5.74) is 0. The average molecular weight is 299 g/mol. The molecule has 0 rings (SSSR count). The molecule has 0 aromatic carbocycles. The first-order valence-electron chi connectivity index (χ1n) is 8.52. The normalized spacial score (nSPS) is 10.5. The average Bonchev–Trinajstić information content (AvgIpc) is 2.45. The van der Waals surface area contributed by atoms with E-state index in [0.29, 0.717) is 19.4 Å². The van der Waals surface area contributed by atoms with Crippen molar-refractivity contribution in [3.05, 3.63) is 0 Å². The zero-order valence-corrected chi connectivity index (χ0v) is 13.5. The highest BCUT2D eigenvalue weighted by atomic mass is 16.5. The summed E-state index contributed by atoms with van der Waals surface area (Å²) < 4.78 is 5.18. The van der Waals surface area contributed by atoms with Crippen LogP contribution in [0.2, 0.25) is 0 Å². The Bertz CT molecular complexity index is 264. The van der Waals surface area contributed by atoms with Gasteiger partial charge in [0, 0.05) is 12.4 Å². The first kappa shape index (κ1) is 19.9. The Kier molecular flexibility index (Phi) is 14.6. The van der Waals surface area contributed by atoms with Crippen molar-refractivity contribution >= 4 is 11.9 Å². The fourth-order valence-corrected chi connectivity index (χ4v) is 2.21.